The number of hydrogen-bond acceptors (Lipinski definition) is 10. The SMILES string of the molecule is CC(=O)COc1c2cc(C(C)(C)C)cc1Cc1cc(C(C)(C)C)cc(c1OCC(C)=O)Cc1cc(C(C)(C)C)cc(c1OCC(C)=O)Cc1cc(C(C)(C)C)cc(c1OCC(C)=O)Cc1cc(C(C)(C)C)cc(c1OCC(C)=O)C2. The molecule has 0 spiro atoms. The second kappa shape index (κ2) is 24.3. The average molecular weight is 1090 g/mol. The lowest BCUT2D eigenvalue weighted by atomic mass is 9.79. The van der Waals surface area contributed by atoms with E-state index in [1.807, 2.05) is 0 Å². The lowest BCUT2D eigenvalue weighted by Crippen LogP contribution is -2.19. The number of fused-ring (bicyclic) bond motifs is 10. The molecule has 0 aliphatic heterocycles. The van der Waals surface area contributed by atoms with Crippen LogP contribution < -0.4 is 23.7 Å². The molecule has 0 unspecified atom stereocenters. The largest absolute Gasteiger partial charge is 0.485 e. The van der Waals surface area contributed by atoms with Gasteiger partial charge < -0.3 is 23.7 Å². The Hall–Kier alpha value is -6.55. The van der Waals surface area contributed by atoms with Crippen LogP contribution in [0.3, 0.4) is 0 Å². The van der Waals surface area contributed by atoms with Crippen molar-refractivity contribution in [3.05, 3.63) is 144 Å². The molecule has 0 radical (unpaired) electrons. The smallest absolute Gasteiger partial charge is 0.167 e. The molecule has 0 saturated heterocycles. The number of benzene rings is 5. The van der Waals surface area contributed by atoms with Crippen LogP contribution in [0.25, 0.3) is 0 Å². The Bertz CT molecular complexity index is 2570. The van der Waals surface area contributed by atoms with Gasteiger partial charge in [0.15, 0.2) is 28.9 Å². The zero-order valence-electron chi connectivity index (χ0n) is 51.9. The van der Waals surface area contributed by atoms with Crippen molar-refractivity contribution in [2.75, 3.05) is 33.0 Å². The molecule has 5 aromatic carbocycles. The van der Waals surface area contributed by atoms with Crippen LogP contribution in [0.15, 0.2) is 60.7 Å². The first-order chi connectivity index (χ1) is 36.9. The van der Waals surface area contributed by atoms with Gasteiger partial charge in [-0.15, -0.1) is 0 Å². The summed E-state index contributed by atoms with van der Waals surface area (Å²) in [5.41, 5.74) is 11.7. The molecule has 0 atom stereocenters. The standard InChI is InChI=1S/C70H90O10/c1-41(71)36-76-61-46-21-48-28-57(67(9,10)11)30-50(62(48)77-37-42(2)72)23-52-32-59(69(15,16)17)34-54(64(52)79-39-44(4)74)25-55-35-60(70(18,19)20)33-53(65(55)80-40-45(5)75)24-51-31-58(68(12,13)14)29-49(63(51)78-38-43(3)73)22-47(61)27-56(26-46)66(6,7)8/h26-35H,21-25,36-40H2,1-20H3. The zero-order chi connectivity index (χ0) is 59.6. The maximum absolute atomic E-state index is 13.1. The third-order valence-electron chi connectivity index (χ3n) is 14.5. The predicted molar refractivity (Wildman–Crippen MR) is 321 cm³/mol. The van der Waals surface area contributed by atoms with Crippen molar-refractivity contribution in [1.29, 1.82) is 0 Å². The summed E-state index contributed by atoms with van der Waals surface area (Å²) in [6.45, 7) is 39.3. The van der Waals surface area contributed by atoms with Gasteiger partial charge in [-0.2, -0.15) is 0 Å². The molecule has 0 fully saturated rings. The average Bonchev–Trinajstić information content (AvgIpc) is 3.51. The lowest BCUT2D eigenvalue weighted by molar-refractivity contribution is -0.119. The third kappa shape index (κ3) is 16.1. The van der Waals surface area contributed by atoms with E-state index in [-0.39, 0.29) is 89.0 Å². The monoisotopic (exact) mass is 1090 g/mol. The second-order valence-electron chi connectivity index (χ2n) is 27.7. The topological polar surface area (TPSA) is 132 Å². The summed E-state index contributed by atoms with van der Waals surface area (Å²) < 4.78 is 33.9. The van der Waals surface area contributed by atoms with Crippen LogP contribution in [0, 0.1) is 0 Å². The highest BCUT2D eigenvalue weighted by molar-refractivity contribution is 5.79. The molecule has 10 nitrogen and oxygen atoms in total. The normalized spacial score (nSPS) is 13.2. The Morgan fingerprint density at radius 1 is 0.263 bits per heavy atom. The van der Waals surface area contributed by atoms with Crippen LogP contribution in [-0.4, -0.2) is 62.0 Å². The molecule has 6 rings (SSSR count). The molecule has 80 heavy (non-hydrogen) atoms. The van der Waals surface area contributed by atoms with E-state index in [9.17, 15) is 24.0 Å². The van der Waals surface area contributed by atoms with Gasteiger partial charge >= 0.3 is 0 Å². The summed E-state index contributed by atoms with van der Waals surface area (Å²) in [5.74, 6) is 2.02. The van der Waals surface area contributed by atoms with E-state index < -0.39 is 0 Å². The summed E-state index contributed by atoms with van der Waals surface area (Å²) in [4.78, 5) is 65.4. The van der Waals surface area contributed by atoms with E-state index in [0.29, 0.717) is 60.9 Å². The summed E-state index contributed by atoms with van der Waals surface area (Å²) in [6, 6.07) is 21.7. The minimum atomic E-state index is -0.354. The Kier molecular flexibility index (Phi) is 19.0. The van der Waals surface area contributed by atoms with Gasteiger partial charge in [0.2, 0.25) is 0 Å². The van der Waals surface area contributed by atoms with Crippen LogP contribution in [0.5, 0.6) is 28.7 Å². The van der Waals surface area contributed by atoms with Crippen LogP contribution in [0.2, 0.25) is 0 Å². The molecule has 0 aromatic heterocycles. The fourth-order valence-corrected chi connectivity index (χ4v) is 10.1. The van der Waals surface area contributed by atoms with E-state index in [2.05, 4.69) is 165 Å². The first kappa shape index (κ1) is 62.6. The Morgan fingerprint density at radius 3 is 0.463 bits per heavy atom. The van der Waals surface area contributed by atoms with Gasteiger partial charge in [-0.05, 0) is 145 Å². The highest BCUT2D eigenvalue weighted by Crippen LogP contribution is 2.45. The minimum absolute atomic E-state index is 0.146. The summed E-state index contributed by atoms with van der Waals surface area (Å²) in [5, 5.41) is 0. The number of ether oxygens (including phenoxy) is 5. The number of carbonyl (C=O) groups is 5. The molecular formula is C70H90O10. The van der Waals surface area contributed by atoms with Gasteiger partial charge in [0, 0.05) is 32.1 Å². The number of Topliss-reactive ketones (excluding diaryl/α,β-unsaturated/α-hetero) is 5. The first-order valence-corrected chi connectivity index (χ1v) is 28.3. The molecule has 10 heteroatoms. The van der Waals surface area contributed by atoms with Crippen LogP contribution in [0.1, 0.15) is 222 Å². The van der Waals surface area contributed by atoms with Gasteiger partial charge in [0.25, 0.3) is 0 Å². The highest BCUT2D eigenvalue weighted by Gasteiger charge is 2.31. The number of carbonyl (C=O) groups excluding carboxylic acids is 5. The quantitative estimate of drug-likeness (QED) is 0.0979. The fourth-order valence-electron chi connectivity index (χ4n) is 10.1. The van der Waals surface area contributed by atoms with Gasteiger partial charge in [-0.25, -0.2) is 0 Å². The first-order valence-electron chi connectivity index (χ1n) is 28.3. The Morgan fingerprint density at radius 2 is 0.375 bits per heavy atom. The maximum Gasteiger partial charge on any atom is 0.167 e. The van der Waals surface area contributed by atoms with Crippen molar-refractivity contribution in [3.8, 4) is 28.7 Å². The number of hydrogen-bond donors (Lipinski definition) is 0. The van der Waals surface area contributed by atoms with Gasteiger partial charge in [0.1, 0.15) is 61.8 Å². The minimum Gasteiger partial charge on any atom is -0.485 e. The molecule has 0 amide bonds. The fraction of sp³-hybridized carbons (Fsp3) is 0.500. The summed E-state index contributed by atoms with van der Waals surface area (Å²) in [7, 11) is 0. The number of rotatable bonds is 15. The van der Waals surface area contributed by atoms with Gasteiger partial charge in [-0.1, -0.05) is 165 Å². The van der Waals surface area contributed by atoms with Crippen molar-refractivity contribution < 1.29 is 47.7 Å². The maximum atomic E-state index is 13.1. The molecule has 5 aromatic rings. The predicted octanol–water partition coefficient (Wildman–Crippen LogP) is 14.3. The third-order valence-corrected chi connectivity index (χ3v) is 14.5. The van der Waals surface area contributed by atoms with E-state index in [0.717, 1.165) is 83.5 Å². The summed E-state index contributed by atoms with van der Waals surface area (Å²) >= 11 is 0. The summed E-state index contributed by atoms with van der Waals surface area (Å²) in [6.07, 6.45) is 1.55. The lowest BCUT2D eigenvalue weighted by Gasteiger charge is -2.29. The van der Waals surface area contributed by atoms with E-state index in [1.165, 1.54) is 34.6 Å². The molecule has 0 saturated carbocycles. The molecule has 10 bridgehead atoms. The molecular weight excluding hydrogens is 1000 g/mol. The van der Waals surface area contributed by atoms with Crippen molar-refractivity contribution in [2.45, 2.75) is 198 Å². The van der Waals surface area contributed by atoms with Crippen molar-refractivity contribution in [2.24, 2.45) is 0 Å². The van der Waals surface area contributed by atoms with E-state index in [4.69, 9.17) is 23.7 Å². The van der Waals surface area contributed by atoms with E-state index in [1.54, 1.807) is 0 Å². The zero-order valence-corrected chi connectivity index (χ0v) is 51.9. The van der Waals surface area contributed by atoms with Gasteiger partial charge in [0.05, 0.1) is 0 Å². The molecule has 0 N–H and O–H groups in total. The molecule has 1 aliphatic rings. The van der Waals surface area contributed by atoms with E-state index >= 15 is 0 Å². The van der Waals surface area contributed by atoms with Crippen LogP contribution in [-0.2, 0) is 83.2 Å². The van der Waals surface area contributed by atoms with Crippen molar-refractivity contribution >= 4 is 28.9 Å². The van der Waals surface area contributed by atoms with Crippen LogP contribution in [0.4, 0.5) is 0 Å². The van der Waals surface area contributed by atoms with Crippen molar-refractivity contribution in [3.63, 3.8) is 0 Å². The highest BCUT2D eigenvalue weighted by atomic mass is 16.5. The molecule has 430 valence electrons. The second-order valence-corrected chi connectivity index (χ2v) is 27.7. The molecule has 1 aliphatic carbocycles. The van der Waals surface area contributed by atoms with Gasteiger partial charge in [-0.3, -0.25) is 24.0 Å². The Balaban J connectivity index is 1.94. The van der Waals surface area contributed by atoms with Crippen molar-refractivity contribution in [1.82, 2.24) is 0 Å². The molecule has 0 heterocycles. The Labute approximate surface area is 478 Å². The van der Waals surface area contributed by atoms with Crippen LogP contribution >= 0.6 is 0 Å². The number of ketones is 5.